The van der Waals surface area contributed by atoms with Crippen LogP contribution in [0.15, 0.2) is 78.4 Å². The minimum absolute atomic E-state index is 0.0256. The molecule has 3 aromatic carbocycles. The van der Waals surface area contributed by atoms with E-state index >= 15 is 0 Å². The molecule has 0 saturated carbocycles. The number of halogens is 1. The summed E-state index contributed by atoms with van der Waals surface area (Å²) in [6.45, 7) is 12.6. The third kappa shape index (κ3) is 13.9. The molecule has 5 aromatic rings. The van der Waals surface area contributed by atoms with Gasteiger partial charge in [-0.1, -0.05) is 68.8 Å². The van der Waals surface area contributed by atoms with Crippen molar-refractivity contribution in [2.45, 2.75) is 91.0 Å². The van der Waals surface area contributed by atoms with Crippen LogP contribution in [0.4, 0.5) is 34.5 Å². The number of para-hydroxylation sites is 2. The van der Waals surface area contributed by atoms with Gasteiger partial charge in [0.25, 0.3) is 0 Å². The van der Waals surface area contributed by atoms with Crippen molar-refractivity contribution in [1.82, 2.24) is 35.4 Å². The molecule has 0 bridgehead atoms. The van der Waals surface area contributed by atoms with Crippen molar-refractivity contribution in [2.75, 3.05) is 79.5 Å². The SMILES string of the molecule is COc1cc(N2CCC(CN3CCC(CC(=O)N[C@H](C(=O)N4C[C@H](O)C[C@H]4C(=O)NCc4ccc(-c5scnc5C)cc4)C(C)(C)C)CC3)CC2)ccc1Nc1ncc(Cl)c(Nc2ccccc2N(C)S(C)(=O)=O)n1. The Bertz CT molecular complexity index is 2920. The number of β-amino-alcohol motifs (C(OH)–C–C–N with tert-alkyl or cyclic N) is 1. The van der Waals surface area contributed by atoms with Crippen molar-refractivity contribution in [3.8, 4) is 16.2 Å². The Balaban J connectivity index is 0.781. The number of methoxy groups -OCH3 is 1. The molecule has 5 N–H and O–H groups in total. The number of carbonyl (C=O) groups is 3. The summed E-state index contributed by atoms with van der Waals surface area (Å²) in [7, 11) is -0.417. The molecule has 21 heteroatoms. The third-order valence-electron chi connectivity index (χ3n) is 14.6. The van der Waals surface area contributed by atoms with Crippen LogP contribution in [0.3, 0.4) is 0 Å². The van der Waals surface area contributed by atoms with Crippen molar-refractivity contribution >= 4 is 85.2 Å². The topological polar surface area (TPSA) is 215 Å². The molecule has 3 amide bonds. The van der Waals surface area contributed by atoms with Crippen molar-refractivity contribution in [3.63, 3.8) is 0 Å². The van der Waals surface area contributed by atoms with Crippen LogP contribution in [-0.2, 0) is 31.0 Å². The number of rotatable bonds is 18. The highest BCUT2D eigenvalue weighted by Crippen LogP contribution is 2.36. The average molecular weight is 1080 g/mol. The van der Waals surface area contributed by atoms with E-state index in [1.165, 1.54) is 22.4 Å². The van der Waals surface area contributed by atoms with Gasteiger partial charge < -0.3 is 45.8 Å². The normalized spacial score (nSPS) is 18.4. The number of anilines is 6. The summed E-state index contributed by atoms with van der Waals surface area (Å²) in [5.41, 5.74) is 6.79. The number of thiazole rings is 1. The van der Waals surface area contributed by atoms with E-state index in [-0.39, 0.29) is 54.1 Å². The first-order valence-corrected chi connectivity index (χ1v) is 28.6. The fourth-order valence-corrected chi connectivity index (χ4v) is 11.6. The fourth-order valence-electron chi connectivity index (χ4n) is 10.1. The van der Waals surface area contributed by atoms with Crippen molar-refractivity contribution in [2.24, 2.45) is 17.3 Å². The highest BCUT2D eigenvalue weighted by molar-refractivity contribution is 7.92. The zero-order valence-electron chi connectivity index (χ0n) is 43.8. The maximum absolute atomic E-state index is 14.2. The van der Waals surface area contributed by atoms with Gasteiger partial charge in [0.05, 0.1) is 58.8 Å². The van der Waals surface area contributed by atoms with E-state index in [4.69, 9.17) is 16.3 Å². The molecule has 402 valence electrons. The van der Waals surface area contributed by atoms with Gasteiger partial charge in [-0.05, 0) is 98.3 Å². The number of likely N-dealkylation sites (tertiary alicyclic amines) is 2. The van der Waals surface area contributed by atoms with Crippen LogP contribution in [0.2, 0.25) is 5.02 Å². The van der Waals surface area contributed by atoms with Gasteiger partial charge in [-0.3, -0.25) is 18.7 Å². The molecule has 8 rings (SSSR count). The number of aliphatic hydroxyl groups is 1. The van der Waals surface area contributed by atoms with Gasteiger partial charge in [0, 0.05) is 64.4 Å². The number of aromatic nitrogens is 3. The number of aliphatic hydroxyl groups excluding tert-OH is 1. The van der Waals surface area contributed by atoms with Gasteiger partial charge in [0.15, 0.2) is 5.82 Å². The van der Waals surface area contributed by atoms with Crippen molar-refractivity contribution in [3.05, 3.63) is 94.7 Å². The smallest absolute Gasteiger partial charge is 0.246 e. The number of hydrogen-bond donors (Lipinski definition) is 5. The van der Waals surface area contributed by atoms with Gasteiger partial charge in [-0.2, -0.15) is 4.98 Å². The van der Waals surface area contributed by atoms with Crippen LogP contribution in [0.5, 0.6) is 5.75 Å². The van der Waals surface area contributed by atoms with Gasteiger partial charge in [0.1, 0.15) is 22.9 Å². The Kier molecular flexibility index (Phi) is 17.6. The van der Waals surface area contributed by atoms with E-state index < -0.39 is 33.6 Å². The molecule has 18 nitrogen and oxygen atoms in total. The summed E-state index contributed by atoms with van der Waals surface area (Å²) < 4.78 is 31.6. The molecule has 0 unspecified atom stereocenters. The summed E-state index contributed by atoms with van der Waals surface area (Å²) in [5, 5.41) is 23.4. The average Bonchev–Trinajstić information content (AvgIpc) is 4.01. The van der Waals surface area contributed by atoms with Crippen LogP contribution >= 0.6 is 22.9 Å². The molecule has 0 aliphatic carbocycles. The Morgan fingerprint density at radius 3 is 2.32 bits per heavy atom. The number of sulfonamides is 1. The van der Waals surface area contributed by atoms with Crippen LogP contribution in [-0.4, -0.2) is 134 Å². The van der Waals surface area contributed by atoms with Crippen LogP contribution in [0, 0.1) is 24.2 Å². The summed E-state index contributed by atoms with van der Waals surface area (Å²) in [6.07, 6.45) is 6.10. The molecule has 5 heterocycles. The zero-order chi connectivity index (χ0) is 53.6. The van der Waals surface area contributed by atoms with Crippen molar-refractivity contribution in [1.29, 1.82) is 0 Å². The quantitative estimate of drug-likeness (QED) is 0.0572. The molecular formula is C54H70ClN11O7S2. The lowest BCUT2D eigenvalue weighted by Crippen LogP contribution is -2.58. The molecule has 3 aliphatic rings. The second-order valence-corrected chi connectivity index (χ2v) is 24.4. The molecule has 75 heavy (non-hydrogen) atoms. The minimum Gasteiger partial charge on any atom is -0.494 e. The number of piperidine rings is 2. The van der Waals surface area contributed by atoms with Gasteiger partial charge in [0.2, 0.25) is 33.7 Å². The second-order valence-electron chi connectivity index (χ2n) is 21.1. The maximum atomic E-state index is 14.2. The number of carbonyl (C=O) groups excluding carboxylic acids is 3. The summed E-state index contributed by atoms with van der Waals surface area (Å²) in [5.74, 6) is 1.07. The third-order valence-corrected chi connectivity index (χ3v) is 17.0. The summed E-state index contributed by atoms with van der Waals surface area (Å²) in [4.78, 5) is 62.3. The number of aryl methyl sites for hydroxylation is 1. The van der Waals surface area contributed by atoms with E-state index in [1.807, 2.05) is 69.6 Å². The lowest BCUT2D eigenvalue weighted by molar-refractivity contribution is -0.144. The Morgan fingerprint density at radius 2 is 1.65 bits per heavy atom. The zero-order valence-corrected chi connectivity index (χ0v) is 46.2. The molecule has 3 saturated heterocycles. The molecule has 2 aromatic heterocycles. The maximum Gasteiger partial charge on any atom is 0.246 e. The summed E-state index contributed by atoms with van der Waals surface area (Å²) >= 11 is 8.08. The predicted molar refractivity (Wildman–Crippen MR) is 297 cm³/mol. The molecular weight excluding hydrogens is 1010 g/mol. The largest absolute Gasteiger partial charge is 0.494 e. The highest BCUT2D eigenvalue weighted by Gasteiger charge is 2.44. The van der Waals surface area contributed by atoms with E-state index in [0.29, 0.717) is 41.0 Å². The Hall–Kier alpha value is -6.06. The van der Waals surface area contributed by atoms with Gasteiger partial charge >= 0.3 is 0 Å². The first-order valence-electron chi connectivity index (χ1n) is 25.5. The van der Waals surface area contributed by atoms with E-state index in [9.17, 15) is 27.9 Å². The van der Waals surface area contributed by atoms with Crippen LogP contribution in [0.1, 0.15) is 70.6 Å². The number of nitrogens with zero attached hydrogens (tertiary/aromatic N) is 7. The van der Waals surface area contributed by atoms with Crippen LogP contribution in [0.25, 0.3) is 10.4 Å². The first kappa shape index (κ1) is 55.2. The van der Waals surface area contributed by atoms with E-state index in [0.717, 1.165) is 92.0 Å². The fraction of sp³-hybridized carbons (Fsp3) is 0.481. The number of ether oxygens (including phenoxy) is 1. The number of benzene rings is 3. The predicted octanol–water partition coefficient (Wildman–Crippen LogP) is 7.58. The molecule has 3 atom stereocenters. The van der Waals surface area contributed by atoms with Gasteiger partial charge in [-0.15, -0.1) is 11.3 Å². The molecule has 3 fully saturated rings. The summed E-state index contributed by atoms with van der Waals surface area (Å²) in [6, 6.07) is 19.2. The monoisotopic (exact) mass is 1080 g/mol. The van der Waals surface area contributed by atoms with E-state index in [1.54, 1.807) is 42.7 Å². The number of nitrogens with one attached hydrogen (secondary N) is 4. The number of amides is 3. The molecule has 0 spiro atoms. The Labute approximate surface area is 449 Å². The standard InChI is InChI=1S/C54H70ClN11O7S2/c1-34-48(74-33-58-34)38-14-12-36(13-15-38)29-56-51(69)45-28-40(67)32-66(45)52(70)49(54(2,3)4)61-47(68)26-35-18-22-64(23-19-35)31-37-20-24-65(25-21-37)39-16-17-43(46(27-39)73-6)60-53-57-30-41(55)50(62-53)59-42-10-8-9-11-44(42)63(5)75(7,71)72/h8-17,27,30,33,35,37,40,45,49,67H,18-26,28-29,31-32H2,1-7H3,(H,56,69)(H,61,68)(H2,57,59,60,62)/t40-,45+,49-/m1/s1. The highest BCUT2D eigenvalue weighted by atomic mass is 35.5. The van der Waals surface area contributed by atoms with Crippen molar-refractivity contribution < 1.29 is 32.6 Å². The molecule has 0 radical (unpaired) electrons. The minimum atomic E-state index is -3.52. The van der Waals surface area contributed by atoms with E-state index in [2.05, 4.69) is 52.1 Å². The molecule has 3 aliphatic heterocycles. The lowest BCUT2D eigenvalue weighted by Gasteiger charge is -2.39. The Morgan fingerprint density at radius 1 is 0.947 bits per heavy atom. The second kappa shape index (κ2) is 23.9. The lowest BCUT2D eigenvalue weighted by atomic mass is 9.85. The van der Waals surface area contributed by atoms with Crippen LogP contribution < -0.4 is 35.2 Å². The first-order chi connectivity index (χ1) is 35.7. The number of hydrogen-bond acceptors (Lipinski definition) is 15. The van der Waals surface area contributed by atoms with Gasteiger partial charge in [-0.25, -0.2) is 18.4 Å².